The largest absolute Gasteiger partial charge is 0.354 e. The number of hydrogen-bond donors (Lipinski definition) is 1. The first-order valence-corrected chi connectivity index (χ1v) is 10.7. The van der Waals surface area contributed by atoms with Gasteiger partial charge in [-0.1, -0.05) is 20.8 Å². The van der Waals surface area contributed by atoms with Crippen LogP contribution in [0, 0.1) is 0 Å². The first kappa shape index (κ1) is 21.2. The highest BCUT2D eigenvalue weighted by molar-refractivity contribution is 7.09. The number of rotatable bonds is 3. The topological polar surface area (TPSA) is 96.2 Å². The molecule has 10 heteroatoms. The SMILES string of the molecule is CCn1ccnc1C(=O)N1CCC(=O)NCCN(c2nc(C(C)(C)C)ns2)CC1. The average Bonchev–Trinajstić information content (AvgIpc) is 3.35. The summed E-state index contributed by atoms with van der Waals surface area (Å²) >= 11 is 1.36. The Morgan fingerprint density at radius 2 is 2.03 bits per heavy atom. The predicted molar refractivity (Wildman–Crippen MR) is 112 cm³/mol. The van der Waals surface area contributed by atoms with Crippen molar-refractivity contribution in [3.63, 3.8) is 0 Å². The summed E-state index contributed by atoms with van der Waals surface area (Å²) in [6.07, 6.45) is 3.71. The van der Waals surface area contributed by atoms with Crippen molar-refractivity contribution >= 4 is 28.5 Å². The maximum Gasteiger partial charge on any atom is 0.289 e. The van der Waals surface area contributed by atoms with E-state index in [-0.39, 0.29) is 23.7 Å². The molecule has 1 N–H and O–H groups in total. The number of amides is 2. The molecule has 3 heterocycles. The molecule has 0 aromatic carbocycles. The second-order valence-electron chi connectivity index (χ2n) is 8.07. The molecule has 2 amide bonds. The van der Waals surface area contributed by atoms with E-state index in [4.69, 9.17) is 4.98 Å². The fourth-order valence-electron chi connectivity index (χ4n) is 3.07. The van der Waals surface area contributed by atoms with E-state index < -0.39 is 0 Å². The van der Waals surface area contributed by atoms with E-state index in [0.29, 0.717) is 45.1 Å². The maximum atomic E-state index is 13.1. The first-order chi connectivity index (χ1) is 13.8. The van der Waals surface area contributed by atoms with E-state index in [1.165, 1.54) is 11.5 Å². The summed E-state index contributed by atoms with van der Waals surface area (Å²) in [5.74, 6) is 0.993. The third kappa shape index (κ3) is 5.11. The molecule has 158 valence electrons. The molecule has 0 aliphatic carbocycles. The molecular formula is C19H29N7O2S. The van der Waals surface area contributed by atoms with Crippen LogP contribution in [0.15, 0.2) is 12.4 Å². The van der Waals surface area contributed by atoms with Crippen LogP contribution in [-0.2, 0) is 16.8 Å². The lowest BCUT2D eigenvalue weighted by Gasteiger charge is -2.29. The molecule has 2 aromatic rings. The van der Waals surface area contributed by atoms with Crippen LogP contribution in [0.1, 0.15) is 50.6 Å². The van der Waals surface area contributed by atoms with Crippen molar-refractivity contribution in [3.05, 3.63) is 24.0 Å². The van der Waals surface area contributed by atoms with Gasteiger partial charge in [-0.05, 0) is 6.92 Å². The van der Waals surface area contributed by atoms with Gasteiger partial charge < -0.3 is 19.7 Å². The van der Waals surface area contributed by atoms with Gasteiger partial charge in [0.05, 0.1) is 0 Å². The molecular weight excluding hydrogens is 390 g/mol. The van der Waals surface area contributed by atoms with Crippen LogP contribution in [-0.4, -0.2) is 68.3 Å². The standard InChI is InChI=1S/C19H29N7O2S/c1-5-24-10-8-21-15(24)16(28)25-9-6-14(27)20-7-11-26(13-12-25)18-22-17(23-29-18)19(2,3)4/h8,10H,5-7,9,11-13H2,1-4H3,(H,20,27). The number of nitrogens with zero attached hydrogens (tertiary/aromatic N) is 6. The van der Waals surface area contributed by atoms with E-state index in [1.807, 2.05) is 11.5 Å². The molecule has 0 unspecified atom stereocenters. The smallest absolute Gasteiger partial charge is 0.289 e. The van der Waals surface area contributed by atoms with Gasteiger partial charge in [-0.15, -0.1) is 0 Å². The second-order valence-corrected chi connectivity index (χ2v) is 8.80. The Labute approximate surface area is 175 Å². The minimum absolute atomic E-state index is 0.0591. The van der Waals surface area contributed by atoms with Gasteiger partial charge in [-0.3, -0.25) is 9.59 Å². The van der Waals surface area contributed by atoms with Crippen LogP contribution in [0.4, 0.5) is 5.13 Å². The minimum atomic E-state index is -0.155. The molecule has 0 atom stereocenters. The Balaban J connectivity index is 1.79. The number of anilines is 1. The van der Waals surface area contributed by atoms with Gasteiger partial charge in [-0.25, -0.2) is 9.97 Å². The molecule has 3 rings (SSSR count). The molecule has 1 saturated heterocycles. The third-order valence-electron chi connectivity index (χ3n) is 4.84. The first-order valence-electron chi connectivity index (χ1n) is 9.96. The van der Waals surface area contributed by atoms with Gasteiger partial charge in [0.25, 0.3) is 5.91 Å². The van der Waals surface area contributed by atoms with Gasteiger partial charge >= 0.3 is 0 Å². The van der Waals surface area contributed by atoms with Crippen molar-refractivity contribution in [1.29, 1.82) is 0 Å². The Morgan fingerprint density at radius 1 is 1.24 bits per heavy atom. The molecule has 0 bridgehead atoms. The molecule has 9 nitrogen and oxygen atoms in total. The predicted octanol–water partition coefficient (Wildman–Crippen LogP) is 1.52. The van der Waals surface area contributed by atoms with Crippen molar-refractivity contribution < 1.29 is 9.59 Å². The quantitative estimate of drug-likeness (QED) is 0.810. The highest BCUT2D eigenvalue weighted by Crippen LogP contribution is 2.25. The second kappa shape index (κ2) is 8.89. The van der Waals surface area contributed by atoms with Gasteiger partial charge in [0, 0.05) is 75.0 Å². The number of nitrogens with one attached hydrogen (secondary N) is 1. The molecule has 0 radical (unpaired) electrons. The number of aryl methyl sites for hydroxylation is 1. The average molecular weight is 420 g/mol. The fourth-order valence-corrected chi connectivity index (χ4v) is 3.98. The molecule has 0 spiro atoms. The number of carbonyl (C=O) groups is 2. The Hall–Kier alpha value is -2.49. The molecule has 1 aliphatic heterocycles. The van der Waals surface area contributed by atoms with Gasteiger partial charge in [-0.2, -0.15) is 4.37 Å². The summed E-state index contributed by atoms with van der Waals surface area (Å²) in [6, 6.07) is 0. The van der Waals surface area contributed by atoms with Crippen LogP contribution in [0.2, 0.25) is 0 Å². The monoisotopic (exact) mass is 419 g/mol. The summed E-state index contributed by atoms with van der Waals surface area (Å²) in [7, 11) is 0. The van der Waals surface area contributed by atoms with Crippen molar-refractivity contribution in [3.8, 4) is 0 Å². The summed E-state index contributed by atoms with van der Waals surface area (Å²) in [6.45, 7) is 11.5. The molecule has 0 saturated carbocycles. The Kier molecular flexibility index (Phi) is 6.51. The number of aromatic nitrogens is 4. The van der Waals surface area contributed by atoms with Crippen molar-refractivity contribution in [1.82, 2.24) is 29.1 Å². The highest BCUT2D eigenvalue weighted by Gasteiger charge is 2.25. The molecule has 29 heavy (non-hydrogen) atoms. The van der Waals surface area contributed by atoms with Crippen LogP contribution in [0.25, 0.3) is 0 Å². The van der Waals surface area contributed by atoms with Crippen LogP contribution < -0.4 is 10.2 Å². The van der Waals surface area contributed by atoms with Crippen molar-refractivity contribution in [2.45, 2.75) is 46.1 Å². The maximum absolute atomic E-state index is 13.1. The van der Waals surface area contributed by atoms with Crippen LogP contribution in [0.5, 0.6) is 0 Å². The fraction of sp³-hybridized carbons (Fsp3) is 0.632. The normalized spacial score (nSPS) is 16.6. The van der Waals surface area contributed by atoms with Crippen LogP contribution in [0.3, 0.4) is 0 Å². The number of imidazole rings is 1. The molecule has 1 fully saturated rings. The summed E-state index contributed by atoms with van der Waals surface area (Å²) in [4.78, 5) is 37.9. The zero-order chi connectivity index (χ0) is 21.0. The zero-order valence-corrected chi connectivity index (χ0v) is 18.3. The van der Waals surface area contributed by atoms with E-state index >= 15 is 0 Å². The lowest BCUT2D eigenvalue weighted by Crippen LogP contribution is -2.45. The van der Waals surface area contributed by atoms with Gasteiger partial charge in [0.2, 0.25) is 11.0 Å². The molecule has 1 aliphatic rings. The van der Waals surface area contributed by atoms with E-state index in [0.717, 1.165) is 11.0 Å². The summed E-state index contributed by atoms with van der Waals surface area (Å²) in [5.41, 5.74) is -0.126. The highest BCUT2D eigenvalue weighted by atomic mass is 32.1. The van der Waals surface area contributed by atoms with E-state index in [9.17, 15) is 9.59 Å². The zero-order valence-electron chi connectivity index (χ0n) is 17.5. The van der Waals surface area contributed by atoms with E-state index in [2.05, 4.69) is 40.3 Å². The van der Waals surface area contributed by atoms with Crippen LogP contribution >= 0.6 is 11.5 Å². The Morgan fingerprint density at radius 3 is 2.72 bits per heavy atom. The number of hydrogen-bond acceptors (Lipinski definition) is 7. The van der Waals surface area contributed by atoms with Crippen molar-refractivity contribution in [2.75, 3.05) is 37.6 Å². The lowest BCUT2D eigenvalue weighted by molar-refractivity contribution is -0.121. The molecule has 2 aromatic heterocycles. The lowest BCUT2D eigenvalue weighted by atomic mass is 9.96. The summed E-state index contributed by atoms with van der Waals surface area (Å²) < 4.78 is 6.32. The van der Waals surface area contributed by atoms with Gasteiger partial charge in [0.1, 0.15) is 5.82 Å². The summed E-state index contributed by atoms with van der Waals surface area (Å²) in [5, 5.41) is 3.74. The van der Waals surface area contributed by atoms with Gasteiger partial charge in [0.15, 0.2) is 5.82 Å². The Bertz CT molecular complexity index is 855. The number of carbonyl (C=O) groups excluding carboxylic acids is 2. The van der Waals surface area contributed by atoms with E-state index in [1.54, 1.807) is 17.3 Å². The third-order valence-corrected chi connectivity index (χ3v) is 5.62. The van der Waals surface area contributed by atoms with Crippen molar-refractivity contribution in [2.24, 2.45) is 0 Å². The minimum Gasteiger partial charge on any atom is -0.354 e.